The first-order valence-electron chi connectivity index (χ1n) is 5.95. The SMILES string of the molecule is Cc1cc([N+](=O)[O-])cc(C(=O)N(C)C(C)(C)CO)c1F. The lowest BCUT2D eigenvalue weighted by molar-refractivity contribution is -0.385. The van der Waals surface area contributed by atoms with Gasteiger partial charge in [0.25, 0.3) is 11.6 Å². The molecule has 0 radical (unpaired) electrons. The number of amides is 1. The number of halogens is 1. The maximum Gasteiger partial charge on any atom is 0.270 e. The number of hydrogen-bond acceptors (Lipinski definition) is 4. The minimum absolute atomic E-state index is 0.0257. The van der Waals surface area contributed by atoms with Crippen molar-refractivity contribution >= 4 is 11.6 Å². The van der Waals surface area contributed by atoms with E-state index in [1.54, 1.807) is 13.8 Å². The van der Waals surface area contributed by atoms with Crippen molar-refractivity contribution in [3.63, 3.8) is 0 Å². The van der Waals surface area contributed by atoms with Gasteiger partial charge in [0.2, 0.25) is 0 Å². The van der Waals surface area contributed by atoms with Gasteiger partial charge >= 0.3 is 0 Å². The Morgan fingerprint density at radius 3 is 2.50 bits per heavy atom. The van der Waals surface area contributed by atoms with Gasteiger partial charge in [-0.15, -0.1) is 0 Å². The van der Waals surface area contributed by atoms with Crippen molar-refractivity contribution < 1.29 is 19.2 Å². The van der Waals surface area contributed by atoms with Crippen molar-refractivity contribution in [2.75, 3.05) is 13.7 Å². The number of hydrogen-bond donors (Lipinski definition) is 1. The second kappa shape index (κ2) is 5.54. The summed E-state index contributed by atoms with van der Waals surface area (Å²) in [6, 6.07) is 1.98. The van der Waals surface area contributed by atoms with Crippen molar-refractivity contribution in [3.8, 4) is 0 Å². The first kappa shape index (κ1) is 16.0. The topological polar surface area (TPSA) is 83.7 Å². The number of aliphatic hydroxyl groups is 1. The van der Waals surface area contributed by atoms with Crippen LogP contribution in [0.1, 0.15) is 29.8 Å². The number of carbonyl (C=O) groups is 1. The Kier molecular flexibility index (Phi) is 4.44. The smallest absolute Gasteiger partial charge is 0.270 e. The molecule has 110 valence electrons. The molecule has 0 saturated carbocycles. The lowest BCUT2D eigenvalue weighted by Crippen LogP contribution is -2.47. The number of nitrogens with zero attached hydrogens (tertiary/aromatic N) is 2. The lowest BCUT2D eigenvalue weighted by Gasteiger charge is -2.34. The van der Waals surface area contributed by atoms with E-state index in [0.29, 0.717) is 0 Å². The Morgan fingerprint density at radius 2 is 2.05 bits per heavy atom. The molecule has 0 atom stereocenters. The number of rotatable bonds is 4. The Hall–Kier alpha value is -2.02. The number of aliphatic hydroxyl groups excluding tert-OH is 1. The summed E-state index contributed by atoms with van der Waals surface area (Å²) in [6.07, 6.45) is 0. The molecule has 1 rings (SSSR count). The molecule has 0 aliphatic heterocycles. The normalized spacial score (nSPS) is 11.3. The van der Waals surface area contributed by atoms with E-state index >= 15 is 0 Å². The van der Waals surface area contributed by atoms with E-state index in [4.69, 9.17) is 0 Å². The Balaban J connectivity index is 3.32. The van der Waals surface area contributed by atoms with E-state index < -0.39 is 22.2 Å². The predicted octanol–water partition coefficient (Wildman–Crippen LogP) is 1.89. The van der Waals surface area contributed by atoms with Crippen LogP contribution in [0, 0.1) is 22.9 Å². The van der Waals surface area contributed by atoms with Crippen molar-refractivity contribution in [1.82, 2.24) is 4.90 Å². The predicted molar refractivity (Wildman–Crippen MR) is 71.0 cm³/mol. The van der Waals surface area contributed by atoms with Gasteiger partial charge in [-0.2, -0.15) is 0 Å². The molecule has 6 nitrogen and oxygen atoms in total. The molecular formula is C13H17FN2O4. The molecule has 1 aromatic carbocycles. The van der Waals surface area contributed by atoms with Crippen LogP contribution in [0.15, 0.2) is 12.1 Å². The van der Waals surface area contributed by atoms with Gasteiger partial charge in [0, 0.05) is 19.2 Å². The third-order valence-electron chi connectivity index (χ3n) is 3.28. The Morgan fingerprint density at radius 1 is 1.50 bits per heavy atom. The van der Waals surface area contributed by atoms with E-state index in [0.717, 1.165) is 17.0 Å². The molecule has 0 saturated heterocycles. The van der Waals surface area contributed by atoms with Crippen LogP contribution >= 0.6 is 0 Å². The van der Waals surface area contributed by atoms with Crippen LogP contribution in [-0.4, -0.2) is 40.0 Å². The molecule has 0 spiro atoms. The molecular weight excluding hydrogens is 267 g/mol. The summed E-state index contributed by atoms with van der Waals surface area (Å²) in [5, 5.41) is 20.0. The number of nitro groups is 1. The van der Waals surface area contributed by atoms with E-state index in [2.05, 4.69) is 0 Å². The first-order valence-corrected chi connectivity index (χ1v) is 5.95. The van der Waals surface area contributed by atoms with Gasteiger partial charge in [-0.1, -0.05) is 0 Å². The maximum atomic E-state index is 14.0. The van der Waals surface area contributed by atoms with Crippen LogP contribution in [0.5, 0.6) is 0 Å². The molecule has 0 bridgehead atoms. The summed E-state index contributed by atoms with van der Waals surface area (Å²) in [5.74, 6) is -1.51. The quantitative estimate of drug-likeness (QED) is 0.676. The third kappa shape index (κ3) is 2.93. The number of likely N-dealkylation sites (N-methyl/N-ethyl adjacent to an activating group) is 1. The van der Waals surface area contributed by atoms with Crippen molar-refractivity contribution in [2.24, 2.45) is 0 Å². The van der Waals surface area contributed by atoms with E-state index in [1.807, 2.05) is 0 Å². The highest BCUT2D eigenvalue weighted by Crippen LogP contribution is 2.24. The molecule has 0 heterocycles. The Bertz CT molecular complexity index is 558. The molecule has 0 aliphatic carbocycles. The fraction of sp³-hybridized carbons (Fsp3) is 0.462. The second-order valence-corrected chi connectivity index (χ2v) is 5.22. The molecule has 20 heavy (non-hydrogen) atoms. The van der Waals surface area contributed by atoms with Crippen molar-refractivity contribution in [1.29, 1.82) is 0 Å². The largest absolute Gasteiger partial charge is 0.394 e. The van der Waals surface area contributed by atoms with Crippen LogP contribution in [-0.2, 0) is 0 Å². The lowest BCUT2D eigenvalue weighted by atomic mass is 10.0. The monoisotopic (exact) mass is 284 g/mol. The highest BCUT2D eigenvalue weighted by atomic mass is 19.1. The van der Waals surface area contributed by atoms with Gasteiger partial charge in [-0.3, -0.25) is 14.9 Å². The molecule has 1 N–H and O–H groups in total. The average molecular weight is 284 g/mol. The minimum Gasteiger partial charge on any atom is -0.394 e. The number of aryl methyl sites for hydroxylation is 1. The summed E-state index contributed by atoms with van der Waals surface area (Å²) < 4.78 is 14.0. The van der Waals surface area contributed by atoms with Gasteiger partial charge in [0.15, 0.2) is 0 Å². The number of benzene rings is 1. The van der Waals surface area contributed by atoms with Gasteiger partial charge in [-0.25, -0.2) is 4.39 Å². The number of carbonyl (C=O) groups excluding carboxylic acids is 1. The zero-order valence-electron chi connectivity index (χ0n) is 11.8. The average Bonchev–Trinajstić information content (AvgIpc) is 2.39. The van der Waals surface area contributed by atoms with Gasteiger partial charge in [0.1, 0.15) is 5.82 Å². The molecule has 0 fully saturated rings. The summed E-state index contributed by atoms with van der Waals surface area (Å²) in [4.78, 5) is 23.5. The maximum absolute atomic E-state index is 14.0. The Labute approximate surface area is 116 Å². The third-order valence-corrected chi connectivity index (χ3v) is 3.28. The van der Waals surface area contributed by atoms with Crippen LogP contribution in [0.4, 0.5) is 10.1 Å². The molecule has 0 unspecified atom stereocenters. The van der Waals surface area contributed by atoms with Crippen LogP contribution in [0.25, 0.3) is 0 Å². The van der Waals surface area contributed by atoms with Crippen molar-refractivity contribution in [2.45, 2.75) is 26.3 Å². The van der Waals surface area contributed by atoms with E-state index in [1.165, 1.54) is 14.0 Å². The standard InChI is InChI=1S/C13H17FN2O4/c1-8-5-9(16(19)20)6-10(11(8)14)12(18)15(4)13(2,3)7-17/h5-6,17H,7H2,1-4H3. The fourth-order valence-corrected chi connectivity index (χ4v) is 1.57. The molecule has 1 aromatic rings. The van der Waals surface area contributed by atoms with Crippen LogP contribution < -0.4 is 0 Å². The van der Waals surface area contributed by atoms with Gasteiger partial charge in [-0.05, 0) is 26.3 Å². The molecule has 0 aromatic heterocycles. The van der Waals surface area contributed by atoms with Crippen molar-refractivity contribution in [3.05, 3.63) is 39.2 Å². The molecule has 0 aliphatic rings. The van der Waals surface area contributed by atoms with Gasteiger partial charge in [0.05, 0.1) is 22.6 Å². The second-order valence-electron chi connectivity index (χ2n) is 5.22. The zero-order valence-corrected chi connectivity index (χ0v) is 11.8. The molecule has 7 heteroatoms. The summed E-state index contributed by atoms with van der Waals surface area (Å²) >= 11 is 0. The van der Waals surface area contributed by atoms with E-state index in [9.17, 15) is 24.4 Å². The fourth-order valence-electron chi connectivity index (χ4n) is 1.57. The molecule has 1 amide bonds. The zero-order chi connectivity index (χ0) is 15.7. The highest BCUT2D eigenvalue weighted by Gasteiger charge is 2.30. The summed E-state index contributed by atoms with van der Waals surface area (Å²) in [7, 11) is 1.41. The highest BCUT2D eigenvalue weighted by molar-refractivity contribution is 5.95. The van der Waals surface area contributed by atoms with Crippen LogP contribution in [0.2, 0.25) is 0 Å². The minimum atomic E-state index is -0.901. The van der Waals surface area contributed by atoms with Gasteiger partial charge < -0.3 is 10.0 Å². The summed E-state index contributed by atoms with van der Waals surface area (Å²) in [6.45, 7) is 4.25. The van der Waals surface area contributed by atoms with E-state index in [-0.39, 0.29) is 23.4 Å². The van der Waals surface area contributed by atoms with Crippen LogP contribution in [0.3, 0.4) is 0 Å². The number of nitro benzene ring substituents is 1. The number of non-ortho nitro benzene ring substituents is 1. The first-order chi connectivity index (χ1) is 9.11. The summed E-state index contributed by atoms with van der Waals surface area (Å²) in [5.41, 5.74) is -1.59.